The molecule has 0 aliphatic heterocycles. The predicted molar refractivity (Wildman–Crippen MR) is 50.4 cm³/mol. The van der Waals surface area contributed by atoms with Gasteiger partial charge in [-0.1, -0.05) is 35.5 Å². The Labute approximate surface area is 84.5 Å². The number of anilines is 1. The Morgan fingerprint density at radius 2 is 1.87 bits per heavy atom. The molecule has 1 aromatic heterocycles. The Hall–Kier alpha value is -1.91. The molecule has 78 valence electrons. The summed E-state index contributed by atoms with van der Waals surface area (Å²) >= 11 is 0. The first-order valence-corrected chi connectivity index (χ1v) is 4.26. The van der Waals surface area contributed by atoms with E-state index in [4.69, 9.17) is 5.73 Å². The van der Waals surface area contributed by atoms with Crippen LogP contribution in [0.1, 0.15) is 11.3 Å². The molecule has 0 aliphatic rings. The molecule has 0 amide bonds. The monoisotopic (exact) mass is 210 g/mol. The number of nitrogens with zero attached hydrogens (tertiary/aromatic N) is 1. The second kappa shape index (κ2) is 3.34. The standard InChI is InChI=1S/C10H8F2N2O/c11-10(12,7-4-2-1-3-5-7)8-6-9(13)15-14-8/h1-6H,13H2. The van der Waals surface area contributed by atoms with Crippen molar-refractivity contribution in [3.05, 3.63) is 47.7 Å². The zero-order valence-electron chi connectivity index (χ0n) is 7.65. The summed E-state index contributed by atoms with van der Waals surface area (Å²) in [4.78, 5) is 0. The van der Waals surface area contributed by atoms with Crippen LogP contribution >= 0.6 is 0 Å². The van der Waals surface area contributed by atoms with Crippen LogP contribution in [0.2, 0.25) is 0 Å². The molecule has 3 nitrogen and oxygen atoms in total. The van der Waals surface area contributed by atoms with Crippen LogP contribution < -0.4 is 5.73 Å². The van der Waals surface area contributed by atoms with Gasteiger partial charge < -0.3 is 10.3 Å². The van der Waals surface area contributed by atoms with Crippen molar-refractivity contribution in [2.45, 2.75) is 5.92 Å². The molecule has 0 aliphatic carbocycles. The minimum absolute atomic E-state index is 0.124. The van der Waals surface area contributed by atoms with Crippen LogP contribution in [0, 0.1) is 0 Å². The van der Waals surface area contributed by atoms with Crippen molar-refractivity contribution in [3.8, 4) is 0 Å². The van der Waals surface area contributed by atoms with Gasteiger partial charge in [0.25, 0.3) is 0 Å². The van der Waals surface area contributed by atoms with Gasteiger partial charge in [-0.3, -0.25) is 0 Å². The molecule has 15 heavy (non-hydrogen) atoms. The largest absolute Gasteiger partial charge is 0.368 e. The Morgan fingerprint density at radius 3 is 2.40 bits per heavy atom. The Balaban J connectivity index is 2.43. The average molecular weight is 210 g/mol. The highest BCUT2D eigenvalue weighted by Gasteiger charge is 2.37. The van der Waals surface area contributed by atoms with Crippen LogP contribution in [-0.2, 0) is 5.92 Å². The maximum Gasteiger partial charge on any atom is 0.318 e. The van der Waals surface area contributed by atoms with Gasteiger partial charge in [0.05, 0.1) is 0 Å². The second-order valence-corrected chi connectivity index (χ2v) is 3.05. The fourth-order valence-electron chi connectivity index (χ4n) is 1.23. The number of hydrogen-bond donors (Lipinski definition) is 1. The maximum atomic E-state index is 13.7. The molecule has 2 rings (SSSR count). The summed E-state index contributed by atoms with van der Waals surface area (Å²) in [5, 5.41) is 3.21. The van der Waals surface area contributed by atoms with Crippen LogP contribution in [0.4, 0.5) is 14.7 Å². The SMILES string of the molecule is Nc1cc(C(F)(F)c2ccccc2)no1. The summed E-state index contributed by atoms with van der Waals surface area (Å²) in [7, 11) is 0. The van der Waals surface area contributed by atoms with Crippen LogP contribution in [0.5, 0.6) is 0 Å². The summed E-state index contributed by atoms with van der Waals surface area (Å²) in [6, 6.07) is 8.40. The van der Waals surface area contributed by atoms with Crippen molar-refractivity contribution in [3.63, 3.8) is 0 Å². The summed E-state index contributed by atoms with van der Waals surface area (Å²) in [5.74, 6) is -3.30. The molecule has 0 spiro atoms. The van der Waals surface area contributed by atoms with Gasteiger partial charge in [0.15, 0.2) is 5.69 Å². The van der Waals surface area contributed by atoms with Crippen molar-refractivity contribution < 1.29 is 13.3 Å². The Kier molecular flexibility index (Phi) is 2.15. The molecular weight excluding hydrogens is 202 g/mol. The van der Waals surface area contributed by atoms with Crippen molar-refractivity contribution in [2.24, 2.45) is 0 Å². The average Bonchev–Trinajstić information content (AvgIpc) is 2.67. The van der Waals surface area contributed by atoms with Crippen LogP contribution in [-0.4, -0.2) is 5.16 Å². The van der Waals surface area contributed by atoms with E-state index in [-0.39, 0.29) is 11.4 Å². The third-order valence-electron chi connectivity index (χ3n) is 1.99. The molecule has 0 fully saturated rings. The van der Waals surface area contributed by atoms with Crippen molar-refractivity contribution >= 4 is 5.88 Å². The number of alkyl halides is 2. The lowest BCUT2D eigenvalue weighted by Gasteiger charge is -2.12. The number of rotatable bonds is 2. The number of halogens is 2. The summed E-state index contributed by atoms with van der Waals surface area (Å²) < 4.78 is 31.9. The zero-order chi connectivity index (χ0) is 10.9. The fourth-order valence-corrected chi connectivity index (χ4v) is 1.23. The van der Waals surface area contributed by atoms with Crippen LogP contribution in [0.15, 0.2) is 40.9 Å². The molecule has 2 aromatic rings. The molecule has 1 aromatic carbocycles. The highest BCUT2D eigenvalue weighted by Crippen LogP contribution is 2.35. The summed E-state index contributed by atoms with van der Waals surface area (Å²) in [6.07, 6.45) is 0. The highest BCUT2D eigenvalue weighted by atomic mass is 19.3. The van der Waals surface area contributed by atoms with Crippen molar-refractivity contribution in [2.75, 3.05) is 5.73 Å². The number of hydrogen-bond acceptors (Lipinski definition) is 3. The lowest BCUT2D eigenvalue weighted by atomic mass is 10.1. The number of aromatic nitrogens is 1. The lowest BCUT2D eigenvalue weighted by molar-refractivity contribution is 0.0347. The van der Waals surface area contributed by atoms with Crippen molar-refractivity contribution in [1.82, 2.24) is 5.16 Å². The zero-order valence-corrected chi connectivity index (χ0v) is 7.65. The quantitative estimate of drug-likeness (QED) is 0.827. The molecule has 0 bridgehead atoms. The first-order chi connectivity index (χ1) is 7.10. The number of nitrogens with two attached hydrogens (primary N) is 1. The van der Waals surface area contributed by atoms with Gasteiger partial charge in [0.2, 0.25) is 5.88 Å². The van der Waals surface area contributed by atoms with Gasteiger partial charge in [-0.15, -0.1) is 0 Å². The molecule has 0 radical (unpaired) electrons. The van der Waals surface area contributed by atoms with Gasteiger partial charge in [-0.05, 0) is 0 Å². The molecule has 1 heterocycles. The predicted octanol–water partition coefficient (Wildman–Crippen LogP) is 2.40. The van der Waals surface area contributed by atoms with Crippen molar-refractivity contribution in [1.29, 1.82) is 0 Å². The molecular formula is C10H8F2N2O. The molecule has 0 saturated heterocycles. The van der Waals surface area contributed by atoms with Gasteiger partial charge >= 0.3 is 5.92 Å². The minimum atomic E-state index is -3.18. The Bertz CT molecular complexity index is 453. The molecule has 0 saturated carbocycles. The lowest BCUT2D eigenvalue weighted by Crippen LogP contribution is -2.15. The first kappa shape index (κ1) is 9.64. The Morgan fingerprint density at radius 1 is 1.20 bits per heavy atom. The van der Waals surface area contributed by atoms with Crippen LogP contribution in [0.25, 0.3) is 0 Å². The smallest absolute Gasteiger partial charge is 0.318 e. The van der Waals surface area contributed by atoms with Gasteiger partial charge in [0, 0.05) is 11.6 Å². The van der Waals surface area contributed by atoms with E-state index in [0.717, 1.165) is 6.07 Å². The summed E-state index contributed by atoms with van der Waals surface area (Å²) in [5.41, 5.74) is 4.57. The second-order valence-electron chi connectivity index (χ2n) is 3.05. The van der Waals surface area contributed by atoms with E-state index >= 15 is 0 Å². The van der Waals surface area contributed by atoms with Gasteiger partial charge in [0.1, 0.15) is 0 Å². The van der Waals surface area contributed by atoms with E-state index in [0.29, 0.717) is 0 Å². The molecule has 0 unspecified atom stereocenters. The highest BCUT2D eigenvalue weighted by molar-refractivity contribution is 5.34. The third-order valence-corrected chi connectivity index (χ3v) is 1.99. The van der Waals surface area contributed by atoms with E-state index in [1.165, 1.54) is 24.3 Å². The topological polar surface area (TPSA) is 52.0 Å². The number of nitrogen functional groups attached to an aromatic ring is 1. The third kappa shape index (κ3) is 1.68. The number of benzene rings is 1. The van der Waals surface area contributed by atoms with E-state index < -0.39 is 11.6 Å². The minimum Gasteiger partial charge on any atom is -0.368 e. The van der Waals surface area contributed by atoms with Gasteiger partial charge in [-0.2, -0.15) is 8.78 Å². The molecule has 5 heteroatoms. The van der Waals surface area contributed by atoms with E-state index in [9.17, 15) is 8.78 Å². The molecule has 2 N–H and O–H groups in total. The molecule has 0 atom stereocenters. The van der Waals surface area contributed by atoms with E-state index in [1.807, 2.05) is 0 Å². The summed E-state index contributed by atoms with van der Waals surface area (Å²) in [6.45, 7) is 0. The normalized spacial score (nSPS) is 11.6. The first-order valence-electron chi connectivity index (χ1n) is 4.26. The maximum absolute atomic E-state index is 13.7. The van der Waals surface area contributed by atoms with Crippen LogP contribution in [0.3, 0.4) is 0 Å². The van der Waals surface area contributed by atoms with E-state index in [1.54, 1.807) is 6.07 Å². The van der Waals surface area contributed by atoms with E-state index in [2.05, 4.69) is 9.68 Å². The van der Waals surface area contributed by atoms with Gasteiger partial charge in [-0.25, -0.2) is 0 Å². The fraction of sp³-hybridized carbons (Fsp3) is 0.100.